The highest BCUT2D eigenvalue weighted by molar-refractivity contribution is 6.14. The van der Waals surface area contributed by atoms with Gasteiger partial charge in [0.05, 0.1) is 40.4 Å². The highest BCUT2D eigenvalue weighted by Crippen LogP contribution is 2.40. The Kier molecular flexibility index (Phi) is 7.07. The monoisotopic (exact) mass is 742 g/mol. The van der Waals surface area contributed by atoms with Crippen molar-refractivity contribution in [1.82, 2.24) is 19.1 Å². The standard InChI is InChI=1S/C53H34N4O/c1-58-50-31-29-43(38-14-4-5-18-42(38)50)52-44-28-24-33-12-2-3-13-37(33)51(44)54-53(55-52)34-22-25-35(26-23-34)56-48-21-11-8-17-41(48)45-32-36(27-30-49(45)56)57-46-19-9-6-15-39(46)40-16-7-10-20-47(40)57/h2-32H,1H3. The van der Waals surface area contributed by atoms with Crippen LogP contribution in [0.3, 0.4) is 0 Å². The molecule has 12 rings (SSSR count). The van der Waals surface area contributed by atoms with Gasteiger partial charge in [0.2, 0.25) is 0 Å². The third-order valence-electron chi connectivity index (χ3n) is 11.8. The largest absolute Gasteiger partial charge is 0.496 e. The molecule has 0 atom stereocenters. The van der Waals surface area contributed by atoms with Gasteiger partial charge in [-0.1, -0.05) is 109 Å². The smallest absolute Gasteiger partial charge is 0.160 e. The van der Waals surface area contributed by atoms with Gasteiger partial charge in [0.15, 0.2) is 5.82 Å². The molecular formula is C53H34N4O. The summed E-state index contributed by atoms with van der Waals surface area (Å²) in [5.41, 5.74) is 10.8. The summed E-state index contributed by atoms with van der Waals surface area (Å²) in [5, 5.41) is 10.3. The van der Waals surface area contributed by atoms with E-state index in [-0.39, 0.29) is 0 Å². The number of benzene rings is 9. The number of methoxy groups -OCH3 is 1. The van der Waals surface area contributed by atoms with E-state index >= 15 is 0 Å². The molecule has 0 N–H and O–H groups in total. The van der Waals surface area contributed by atoms with Gasteiger partial charge in [0.1, 0.15) is 5.75 Å². The third-order valence-corrected chi connectivity index (χ3v) is 11.8. The van der Waals surface area contributed by atoms with Gasteiger partial charge >= 0.3 is 0 Å². The fourth-order valence-electron chi connectivity index (χ4n) is 9.19. The Morgan fingerprint density at radius 2 is 0.948 bits per heavy atom. The van der Waals surface area contributed by atoms with E-state index in [1.807, 2.05) is 6.07 Å². The van der Waals surface area contributed by atoms with Crippen LogP contribution in [0.25, 0.3) is 110 Å². The fourth-order valence-corrected chi connectivity index (χ4v) is 9.19. The van der Waals surface area contributed by atoms with Gasteiger partial charge in [-0.25, -0.2) is 9.97 Å². The number of hydrogen-bond acceptors (Lipinski definition) is 3. The van der Waals surface area contributed by atoms with E-state index in [9.17, 15) is 0 Å². The second kappa shape index (κ2) is 12.6. The molecule has 0 saturated carbocycles. The van der Waals surface area contributed by atoms with Crippen LogP contribution in [0.2, 0.25) is 0 Å². The lowest BCUT2D eigenvalue weighted by molar-refractivity contribution is 0.420. The van der Waals surface area contributed by atoms with Crippen LogP contribution >= 0.6 is 0 Å². The topological polar surface area (TPSA) is 44.9 Å². The first-order chi connectivity index (χ1) is 28.7. The number of rotatable bonds is 5. The molecule has 0 fully saturated rings. The molecule has 0 radical (unpaired) electrons. The Morgan fingerprint density at radius 1 is 0.397 bits per heavy atom. The molecule has 5 heteroatoms. The maximum absolute atomic E-state index is 5.77. The Balaban J connectivity index is 1.03. The van der Waals surface area contributed by atoms with Crippen molar-refractivity contribution in [3.05, 3.63) is 188 Å². The first-order valence-corrected chi connectivity index (χ1v) is 19.6. The Bertz CT molecular complexity index is 3560. The predicted molar refractivity (Wildman–Crippen MR) is 241 cm³/mol. The molecular weight excluding hydrogens is 709 g/mol. The van der Waals surface area contributed by atoms with Crippen molar-refractivity contribution in [3.8, 4) is 39.8 Å². The number of aromatic nitrogens is 4. The molecule has 0 aliphatic heterocycles. The SMILES string of the molecule is COc1ccc(-c2nc(-c3ccc(-n4c5ccccc5c5cc(-n6c7ccccc7c7ccccc76)ccc54)cc3)nc3c2ccc2ccccc23)c2ccccc12. The van der Waals surface area contributed by atoms with Gasteiger partial charge in [-0.15, -0.1) is 0 Å². The van der Waals surface area contributed by atoms with Crippen LogP contribution in [0.4, 0.5) is 0 Å². The Morgan fingerprint density at radius 3 is 1.64 bits per heavy atom. The predicted octanol–water partition coefficient (Wildman–Crippen LogP) is 13.5. The minimum atomic E-state index is 0.684. The second-order valence-corrected chi connectivity index (χ2v) is 14.9. The Hall–Kier alpha value is -7.76. The molecule has 272 valence electrons. The summed E-state index contributed by atoms with van der Waals surface area (Å²) in [6, 6.07) is 67.0. The van der Waals surface area contributed by atoms with Gasteiger partial charge in [0.25, 0.3) is 0 Å². The summed E-state index contributed by atoms with van der Waals surface area (Å²) in [5.74, 6) is 1.52. The first kappa shape index (κ1) is 32.5. The highest BCUT2D eigenvalue weighted by atomic mass is 16.5. The number of nitrogens with zero attached hydrogens (tertiary/aromatic N) is 4. The molecule has 0 aliphatic carbocycles. The number of fused-ring (bicyclic) bond motifs is 10. The molecule has 0 unspecified atom stereocenters. The zero-order valence-electron chi connectivity index (χ0n) is 31.6. The molecule has 0 spiro atoms. The number of ether oxygens (including phenoxy) is 1. The van der Waals surface area contributed by atoms with Crippen LogP contribution in [0, 0.1) is 0 Å². The first-order valence-electron chi connectivity index (χ1n) is 19.6. The van der Waals surface area contributed by atoms with Crippen LogP contribution < -0.4 is 4.74 Å². The second-order valence-electron chi connectivity index (χ2n) is 14.9. The van der Waals surface area contributed by atoms with E-state index in [2.05, 4.69) is 191 Å². The molecule has 0 amide bonds. The maximum atomic E-state index is 5.77. The molecule has 0 saturated heterocycles. The van der Waals surface area contributed by atoms with Crippen molar-refractivity contribution >= 4 is 76.1 Å². The molecule has 12 aromatic rings. The molecule has 9 aromatic carbocycles. The summed E-state index contributed by atoms with van der Waals surface area (Å²) >= 11 is 0. The minimum absolute atomic E-state index is 0.684. The van der Waals surface area contributed by atoms with E-state index in [0.29, 0.717) is 5.82 Å². The van der Waals surface area contributed by atoms with Crippen LogP contribution in [-0.2, 0) is 0 Å². The van der Waals surface area contributed by atoms with E-state index in [0.717, 1.165) is 77.4 Å². The van der Waals surface area contributed by atoms with Gasteiger partial charge in [-0.2, -0.15) is 0 Å². The van der Waals surface area contributed by atoms with Crippen molar-refractivity contribution in [2.75, 3.05) is 7.11 Å². The van der Waals surface area contributed by atoms with Crippen LogP contribution in [0.1, 0.15) is 0 Å². The molecule has 3 aromatic heterocycles. The van der Waals surface area contributed by atoms with Gasteiger partial charge in [0, 0.05) is 60.2 Å². The summed E-state index contributed by atoms with van der Waals surface area (Å²) in [4.78, 5) is 10.7. The van der Waals surface area contributed by atoms with Crippen molar-refractivity contribution < 1.29 is 4.74 Å². The van der Waals surface area contributed by atoms with Gasteiger partial charge < -0.3 is 13.9 Å². The lowest BCUT2D eigenvalue weighted by atomic mass is 9.97. The summed E-state index contributed by atoms with van der Waals surface area (Å²) in [6.07, 6.45) is 0. The number of hydrogen-bond donors (Lipinski definition) is 0. The van der Waals surface area contributed by atoms with E-state index < -0.39 is 0 Å². The zero-order valence-corrected chi connectivity index (χ0v) is 31.6. The summed E-state index contributed by atoms with van der Waals surface area (Å²) in [6.45, 7) is 0. The molecule has 5 nitrogen and oxygen atoms in total. The molecule has 58 heavy (non-hydrogen) atoms. The highest BCUT2D eigenvalue weighted by Gasteiger charge is 2.19. The average molecular weight is 743 g/mol. The summed E-state index contributed by atoms with van der Waals surface area (Å²) in [7, 11) is 1.72. The Labute approximate surface area is 333 Å². The van der Waals surface area contributed by atoms with Crippen molar-refractivity contribution in [2.24, 2.45) is 0 Å². The quantitative estimate of drug-likeness (QED) is 0.165. The van der Waals surface area contributed by atoms with E-state index in [4.69, 9.17) is 14.7 Å². The lowest BCUT2D eigenvalue weighted by Gasteiger charge is -2.15. The maximum Gasteiger partial charge on any atom is 0.160 e. The molecule has 3 heterocycles. The van der Waals surface area contributed by atoms with Crippen molar-refractivity contribution in [3.63, 3.8) is 0 Å². The van der Waals surface area contributed by atoms with E-state index in [1.165, 1.54) is 32.6 Å². The van der Waals surface area contributed by atoms with E-state index in [1.54, 1.807) is 7.11 Å². The van der Waals surface area contributed by atoms with Crippen molar-refractivity contribution in [2.45, 2.75) is 0 Å². The minimum Gasteiger partial charge on any atom is -0.496 e. The summed E-state index contributed by atoms with van der Waals surface area (Å²) < 4.78 is 10.5. The van der Waals surface area contributed by atoms with Crippen LogP contribution in [0.5, 0.6) is 5.75 Å². The van der Waals surface area contributed by atoms with Crippen molar-refractivity contribution in [1.29, 1.82) is 0 Å². The fraction of sp³-hybridized carbons (Fsp3) is 0.0189. The van der Waals surface area contributed by atoms with Crippen LogP contribution in [-0.4, -0.2) is 26.2 Å². The number of para-hydroxylation sites is 3. The van der Waals surface area contributed by atoms with Gasteiger partial charge in [-0.3, -0.25) is 0 Å². The van der Waals surface area contributed by atoms with Crippen LogP contribution in [0.15, 0.2) is 188 Å². The third kappa shape index (κ3) is 4.77. The normalized spacial score (nSPS) is 11.9. The molecule has 0 bridgehead atoms. The molecule has 0 aliphatic rings. The average Bonchev–Trinajstić information content (AvgIpc) is 3.81. The van der Waals surface area contributed by atoms with Gasteiger partial charge in [-0.05, 0) is 89.6 Å². The zero-order chi connectivity index (χ0) is 38.3. The lowest BCUT2D eigenvalue weighted by Crippen LogP contribution is -1.98.